The molecule has 0 spiro atoms. The van der Waals surface area contributed by atoms with E-state index in [9.17, 15) is 13.6 Å². The van der Waals surface area contributed by atoms with Gasteiger partial charge in [-0.2, -0.15) is 0 Å². The van der Waals surface area contributed by atoms with E-state index in [4.69, 9.17) is 15.2 Å². The van der Waals surface area contributed by atoms with Crippen molar-refractivity contribution in [3.05, 3.63) is 65.4 Å². The quantitative estimate of drug-likeness (QED) is 0.771. The minimum atomic E-state index is -1.20. The summed E-state index contributed by atoms with van der Waals surface area (Å²) in [6, 6.07) is 11.0. The molecule has 25 heavy (non-hydrogen) atoms. The summed E-state index contributed by atoms with van der Waals surface area (Å²) in [4.78, 5) is 15.5. The molecule has 5 nitrogen and oxygen atoms in total. The maximum Gasteiger partial charge on any atom is 0.254 e. The zero-order valence-corrected chi connectivity index (χ0v) is 13.3. The van der Waals surface area contributed by atoms with Crippen molar-refractivity contribution < 1.29 is 23.0 Å². The van der Waals surface area contributed by atoms with Crippen LogP contribution < -0.4 is 15.2 Å². The van der Waals surface area contributed by atoms with Crippen LogP contribution in [-0.2, 0) is 6.61 Å². The zero-order chi connectivity index (χ0) is 18.0. The lowest BCUT2D eigenvalue weighted by Crippen LogP contribution is -2.16. The largest absolute Gasteiger partial charge is 0.497 e. The van der Waals surface area contributed by atoms with E-state index in [0.29, 0.717) is 17.0 Å². The molecule has 1 amide bonds. The molecule has 7 heteroatoms. The van der Waals surface area contributed by atoms with E-state index in [1.54, 1.807) is 19.2 Å². The summed E-state index contributed by atoms with van der Waals surface area (Å²) in [7, 11) is 1.56. The summed E-state index contributed by atoms with van der Waals surface area (Å²) in [6.07, 6.45) is 0. The van der Waals surface area contributed by atoms with Crippen molar-refractivity contribution in [3.63, 3.8) is 0 Å². The van der Waals surface area contributed by atoms with E-state index in [1.165, 1.54) is 0 Å². The number of amides is 1. The average molecular weight is 344 g/mol. The number of halogens is 2. The zero-order valence-electron chi connectivity index (χ0n) is 13.3. The van der Waals surface area contributed by atoms with Gasteiger partial charge < -0.3 is 15.2 Å². The second kappa shape index (κ2) is 6.72. The number of rotatable bonds is 5. The number of fused-ring (bicyclic) bond motifs is 1. The van der Waals surface area contributed by atoms with Gasteiger partial charge in [-0.1, -0.05) is 6.07 Å². The van der Waals surface area contributed by atoms with Crippen molar-refractivity contribution in [3.8, 4) is 11.5 Å². The van der Waals surface area contributed by atoms with Crippen molar-refractivity contribution in [1.29, 1.82) is 0 Å². The van der Waals surface area contributed by atoms with E-state index in [1.807, 2.05) is 18.2 Å². The molecular weight excluding hydrogens is 330 g/mol. The lowest BCUT2D eigenvalue weighted by atomic mass is 10.1. The minimum Gasteiger partial charge on any atom is -0.497 e. The first kappa shape index (κ1) is 16.6. The molecule has 2 aromatic carbocycles. The lowest BCUT2D eigenvalue weighted by Gasteiger charge is -2.10. The van der Waals surface area contributed by atoms with E-state index in [-0.39, 0.29) is 12.4 Å². The normalized spacial score (nSPS) is 10.7. The van der Waals surface area contributed by atoms with E-state index < -0.39 is 23.1 Å². The molecule has 0 fully saturated rings. The number of primary amides is 1. The number of methoxy groups -OCH3 is 1. The molecule has 0 unspecified atom stereocenters. The second-order valence-electron chi connectivity index (χ2n) is 5.25. The van der Waals surface area contributed by atoms with Gasteiger partial charge >= 0.3 is 0 Å². The van der Waals surface area contributed by atoms with Crippen molar-refractivity contribution in [2.45, 2.75) is 6.61 Å². The summed E-state index contributed by atoms with van der Waals surface area (Å²) in [5.74, 6) is -2.98. The Bertz CT molecular complexity index is 960. The Hall–Kier alpha value is -3.22. The van der Waals surface area contributed by atoms with Gasteiger partial charge in [0.25, 0.3) is 5.91 Å². The standard InChI is InChI=1S/C18H14F2N2O3/c1-24-12-5-3-10-2-4-11(22-14(10)8-12)9-25-15-7-6-13(19)16(17(15)20)18(21)23/h2-8H,9H2,1H3,(H2,21,23). The Balaban J connectivity index is 1.85. The topological polar surface area (TPSA) is 74.4 Å². The first-order chi connectivity index (χ1) is 12.0. The predicted octanol–water partition coefficient (Wildman–Crippen LogP) is 3.20. The van der Waals surface area contributed by atoms with Crippen LogP contribution in [0.5, 0.6) is 11.5 Å². The molecule has 3 aromatic rings. The van der Waals surface area contributed by atoms with E-state index in [0.717, 1.165) is 17.5 Å². The van der Waals surface area contributed by atoms with Crippen molar-refractivity contribution in [2.75, 3.05) is 7.11 Å². The highest BCUT2D eigenvalue weighted by atomic mass is 19.1. The second-order valence-corrected chi connectivity index (χ2v) is 5.25. The van der Waals surface area contributed by atoms with Gasteiger partial charge in [0.1, 0.15) is 23.7 Å². The molecule has 0 bridgehead atoms. The van der Waals surface area contributed by atoms with Crippen molar-refractivity contribution in [1.82, 2.24) is 4.98 Å². The highest BCUT2D eigenvalue weighted by Crippen LogP contribution is 2.24. The fraction of sp³-hybridized carbons (Fsp3) is 0.111. The van der Waals surface area contributed by atoms with E-state index in [2.05, 4.69) is 4.98 Å². The Morgan fingerprint density at radius 2 is 1.92 bits per heavy atom. The molecule has 1 aromatic heterocycles. The summed E-state index contributed by atoms with van der Waals surface area (Å²) < 4.78 is 38.1. The van der Waals surface area contributed by atoms with Gasteiger partial charge in [0, 0.05) is 11.5 Å². The molecule has 2 N–H and O–H groups in total. The lowest BCUT2D eigenvalue weighted by molar-refractivity contribution is 0.0991. The molecule has 128 valence electrons. The Morgan fingerprint density at radius 1 is 1.16 bits per heavy atom. The van der Waals surface area contributed by atoms with Crippen LogP contribution in [0, 0.1) is 11.6 Å². The number of hydrogen-bond acceptors (Lipinski definition) is 4. The number of nitrogens with zero attached hydrogens (tertiary/aromatic N) is 1. The van der Waals surface area contributed by atoms with Gasteiger partial charge in [0.05, 0.1) is 18.3 Å². The van der Waals surface area contributed by atoms with Gasteiger partial charge in [-0.15, -0.1) is 0 Å². The van der Waals surface area contributed by atoms with Crippen LogP contribution >= 0.6 is 0 Å². The predicted molar refractivity (Wildman–Crippen MR) is 87.5 cm³/mol. The minimum absolute atomic E-state index is 0.0616. The van der Waals surface area contributed by atoms with Gasteiger partial charge in [0.2, 0.25) is 0 Å². The number of hydrogen-bond donors (Lipinski definition) is 1. The van der Waals surface area contributed by atoms with Crippen LogP contribution in [-0.4, -0.2) is 18.0 Å². The number of benzene rings is 2. The first-order valence-corrected chi connectivity index (χ1v) is 7.34. The third-order valence-electron chi connectivity index (χ3n) is 3.63. The maximum absolute atomic E-state index is 14.1. The number of carbonyl (C=O) groups excluding carboxylic acids is 1. The molecule has 0 atom stereocenters. The first-order valence-electron chi connectivity index (χ1n) is 7.34. The molecule has 1 heterocycles. The number of aromatic nitrogens is 1. The Labute approximate surface area is 142 Å². The molecule has 0 aliphatic rings. The Kier molecular flexibility index (Phi) is 4.47. The van der Waals surface area contributed by atoms with Gasteiger partial charge in [0.15, 0.2) is 11.6 Å². The van der Waals surface area contributed by atoms with E-state index >= 15 is 0 Å². The van der Waals surface area contributed by atoms with Crippen molar-refractivity contribution >= 4 is 16.8 Å². The van der Waals surface area contributed by atoms with Crippen molar-refractivity contribution in [2.24, 2.45) is 5.73 Å². The molecule has 0 radical (unpaired) electrons. The Morgan fingerprint density at radius 3 is 2.64 bits per heavy atom. The number of ether oxygens (including phenoxy) is 2. The van der Waals surface area contributed by atoms with Crippen LogP contribution in [0.2, 0.25) is 0 Å². The summed E-state index contributed by atoms with van der Waals surface area (Å²) in [6.45, 7) is -0.0616. The third-order valence-corrected chi connectivity index (χ3v) is 3.63. The van der Waals surface area contributed by atoms with Crippen LogP contribution in [0.15, 0.2) is 42.5 Å². The molecule has 0 saturated heterocycles. The van der Waals surface area contributed by atoms with Gasteiger partial charge in [-0.3, -0.25) is 4.79 Å². The highest BCUT2D eigenvalue weighted by Gasteiger charge is 2.19. The van der Waals surface area contributed by atoms with Gasteiger partial charge in [-0.25, -0.2) is 13.8 Å². The van der Waals surface area contributed by atoms with Crippen LogP contribution in [0.1, 0.15) is 16.1 Å². The summed E-state index contributed by atoms with van der Waals surface area (Å²) in [5.41, 5.74) is 5.38. The number of pyridine rings is 1. The maximum atomic E-state index is 14.1. The fourth-order valence-electron chi connectivity index (χ4n) is 2.37. The summed E-state index contributed by atoms with van der Waals surface area (Å²) >= 11 is 0. The summed E-state index contributed by atoms with van der Waals surface area (Å²) in [5, 5.41) is 0.911. The average Bonchev–Trinajstić information content (AvgIpc) is 2.60. The fourth-order valence-corrected chi connectivity index (χ4v) is 2.37. The van der Waals surface area contributed by atoms with Crippen LogP contribution in [0.4, 0.5) is 8.78 Å². The highest BCUT2D eigenvalue weighted by molar-refractivity contribution is 5.93. The SMILES string of the molecule is COc1ccc2ccc(COc3ccc(F)c(C(N)=O)c3F)nc2c1. The number of carbonyl (C=O) groups is 1. The smallest absolute Gasteiger partial charge is 0.254 e. The molecule has 0 aliphatic carbocycles. The van der Waals surface area contributed by atoms with Gasteiger partial charge in [-0.05, 0) is 30.3 Å². The molecule has 0 saturated carbocycles. The van der Waals surface area contributed by atoms with Crippen LogP contribution in [0.25, 0.3) is 10.9 Å². The molecule has 3 rings (SSSR count). The molecule has 0 aliphatic heterocycles. The monoisotopic (exact) mass is 344 g/mol. The number of nitrogens with two attached hydrogens (primary N) is 1. The molecular formula is C18H14F2N2O3. The third kappa shape index (κ3) is 3.35. The van der Waals surface area contributed by atoms with Crippen LogP contribution in [0.3, 0.4) is 0 Å².